The Balaban J connectivity index is 2.31. The van der Waals surface area contributed by atoms with Gasteiger partial charge in [0, 0.05) is 11.1 Å². The van der Waals surface area contributed by atoms with Gasteiger partial charge in [0.15, 0.2) is 0 Å². The number of rotatable bonds is 2. The molecule has 6 heteroatoms. The van der Waals surface area contributed by atoms with E-state index in [1.165, 1.54) is 18.2 Å². The predicted molar refractivity (Wildman–Crippen MR) is 66.5 cm³/mol. The molecule has 0 spiro atoms. The van der Waals surface area contributed by atoms with Crippen molar-refractivity contribution < 1.29 is 4.39 Å². The lowest BCUT2D eigenvalue weighted by Crippen LogP contribution is -1.99. The van der Waals surface area contributed by atoms with Crippen molar-refractivity contribution in [2.45, 2.75) is 6.92 Å². The maximum Gasteiger partial charge on any atom is 0.148 e. The Labute approximate surface area is 108 Å². The molecule has 3 nitrogen and oxygen atoms in total. The van der Waals surface area contributed by atoms with Crippen molar-refractivity contribution >= 4 is 34.7 Å². The van der Waals surface area contributed by atoms with E-state index in [1.54, 1.807) is 13.0 Å². The van der Waals surface area contributed by atoms with Crippen LogP contribution >= 0.6 is 23.2 Å². The van der Waals surface area contributed by atoms with Crippen LogP contribution in [0.5, 0.6) is 0 Å². The minimum Gasteiger partial charge on any atom is -0.338 e. The molecule has 2 rings (SSSR count). The zero-order valence-electron chi connectivity index (χ0n) is 8.84. The summed E-state index contributed by atoms with van der Waals surface area (Å²) in [7, 11) is 0. The standard InChI is InChI=1S/C11H8Cl2FN3/c1-6-15-10(13)5-11(16-6)17-9-3-2-7(12)4-8(9)14/h2-5H,1H3,(H,15,16,17). The molecule has 0 fully saturated rings. The fraction of sp³-hybridized carbons (Fsp3) is 0.0909. The summed E-state index contributed by atoms with van der Waals surface area (Å²) in [6.45, 7) is 1.70. The number of nitrogens with one attached hydrogen (secondary N) is 1. The molecule has 1 N–H and O–H groups in total. The van der Waals surface area contributed by atoms with Crippen LogP contribution in [0.1, 0.15) is 5.82 Å². The number of aryl methyl sites for hydroxylation is 1. The normalized spacial score (nSPS) is 10.4. The van der Waals surface area contributed by atoms with E-state index in [2.05, 4.69) is 15.3 Å². The summed E-state index contributed by atoms with van der Waals surface area (Å²) in [6, 6.07) is 5.85. The van der Waals surface area contributed by atoms with Crippen LogP contribution in [0.3, 0.4) is 0 Å². The Bertz CT molecular complexity index is 540. The highest BCUT2D eigenvalue weighted by Crippen LogP contribution is 2.22. The molecule has 0 aliphatic rings. The highest BCUT2D eigenvalue weighted by Gasteiger charge is 2.05. The number of halogens is 3. The molecule has 0 atom stereocenters. The number of benzene rings is 1. The molecule has 0 saturated carbocycles. The number of hydrogen-bond donors (Lipinski definition) is 1. The van der Waals surface area contributed by atoms with E-state index in [1.807, 2.05) is 0 Å². The van der Waals surface area contributed by atoms with Gasteiger partial charge in [-0.15, -0.1) is 0 Å². The number of hydrogen-bond acceptors (Lipinski definition) is 3. The van der Waals surface area contributed by atoms with E-state index in [-0.39, 0.29) is 5.69 Å². The van der Waals surface area contributed by atoms with Gasteiger partial charge in [0.2, 0.25) is 0 Å². The average Bonchev–Trinajstić information content (AvgIpc) is 2.21. The van der Waals surface area contributed by atoms with Crippen LogP contribution < -0.4 is 5.32 Å². The van der Waals surface area contributed by atoms with Crippen LogP contribution in [0.4, 0.5) is 15.9 Å². The first-order valence-electron chi connectivity index (χ1n) is 4.78. The van der Waals surface area contributed by atoms with E-state index in [0.29, 0.717) is 21.8 Å². The lowest BCUT2D eigenvalue weighted by Gasteiger charge is -2.07. The van der Waals surface area contributed by atoms with E-state index in [9.17, 15) is 4.39 Å². The first kappa shape index (κ1) is 12.1. The Morgan fingerprint density at radius 3 is 2.59 bits per heavy atom. The highest BCUT2D eigenvalue weighted by atomic mass is 35.5. The smallest absolute Gasteiger partial charge is 0.148 e. The fourth-order valence-electron chi connectivity index (χ4n) is 1.32. The molecular formula is C11H8Cl2FN3. The van der Waals surface area contributed by atoms with E-state index in [0.717, 1.165) is 0 Å². The third-order valence-electron chi connectivity index (χ3n) is 2.00. The molecule has 1 heterocycles. The number of anilines is 2. The van der Waals surface area contributed by atoms with Gasteiger partial charge in [-0.05, 0) is 25.1 Å². The van der Waals surface area contributed by atoms with Crippen molar-refractivity contribution in [1.29, 1.82) is 0 Å². The van der Waals surface area contributed by atoms with Gasteiger partial charge in [0.1, 0.15) is 22.6 Å². The molecule has 1 aromatic heterocycles. The second kappa shape index (κ2) is 4.85. The maximum absolute atomic E-state index is 13.5. The van der Waals surface area contributed by atoms with E-state index < -0.39 is 5.82 Å². The van der Waals surface area contributed by atoms with Gasteiger partial charge in [-0.2, -0.15) is 0 Å². The summed E-state index contributed by atoms with van der Waals surface area (Å²) in [5.74, 6) is 0.489. The molecule has 0 bridgehead atoms. The Hall–Kier alpha value is -1.39. The second-order valence-electron chi connectivity index (χ2n) is 3.37. The number of nitrogens with zero attached hydrogens (tertiary/aromatic N) is 2. The van der Waals surface area contributed by atoms with Crippen molar-refractivity contribution in [1.82, 2.24) is 9.97 Å². The lowest BCUT2D eigenvalue weighted by molar-refractivity contribution is 0.632. The Morgan fingerprint density at radius 1 is 1.18 bits per heavy atom. The quantitative estimate of drug-likeness (QED) is 0.840. The van der Waals surface area contributed by atoms with Crippen LogP contribution in [0.2, 0.25) is 10.2 Å². The molecule has 0 radical (unpaired) electrons. The SMILES string of the molecule is Cc1nc(Cl)cc(Nc2ccc(Cl)cc2F)n1. The van der Waals surface area contributed by atoms with Gasteiger partial charge in [0.25, 0.3) is 0 Å². The molecule has 0 unspecified atom stereocenters. The van der Waals surface area contributed by atoms with Gasteiger partial charge in [-0.1, -0.05) is 23.2 Å². The molecule has 88 valence electrons. The van der Waals surface area contributed by atoms with Gasteiger partial charge in [-0.3, -0.25) is 0 Å². The number of aromatic nitrogens is 2. The lowest BCUT2D eigenvalue weighted by atomic mass is 10.3. The largest absolute Gasteiger partial charge is 0.338 e. The van der Waals surface area contributed by atoms with Crippen LogP contribution in [-0.2, 0) is 0 Å². The molecule has 0 saturated heterocycles. The van der Waals surface area contributed by atoms with Crippen molar-refractivity contribution in [2.24, 2.45) is 0 Å². The first-order chi connectivity index (χ1) is 8.04. The molecule has 0 aliphatic heterocycles. The molecule has 0 aliphatic carbocycles. The third-order valence-corrected chi connectivity index (χ3v) is 2.43. The second-order valence-corrected chi connectivity index (χ2v) is 4.20. The Kier molecular flexibility index (Phi) is 3.45. The zero-order chi connectivity index (χ0) is 12.4. The summed E-state index contributed by atoms with van der Waals surface area (Å²) < 4.78 is 13.5. The van der Waals surface area contributed by atoms with Gasteiger partial charge >= 0.3 is 0 Å². The topological polar surface area (TPSA) is 37.8 Å². The fourth-order valence-corrected chi connectivity index (χ4v) is 1.71. The van der Waals surface area contributed by atoms with Gasteiger partial charge in [-0.25, -0.2) is 14.4 Å². The van der Waals surface area contributed by atoms with Crippen molar-refractivity contribution in [3.63, 3.8) is 0 Å². The molecule has 2 aromatic rings. The van der Waals surface area contributed by atoms with Crippen LogP contribution in [0.25, 0.3) is 0 Å². The predicted octanol–water partition coefficient (Wildman–Crippen LogP) is 3.97. The Morgan fingerprint density at radius 2 is 1.94 bits per heavy atom. The zero-order valence-corrected chi connectivity index (χ0v) is 10.3. The summed E-state index contributed by atoms with van der Waals surface area (Å²) in [5, 5.41) is 3.45. The van der Waals surface area contributed by atoms with Gasteiger partial charge in [0.05, 0.1) is 5.69 Å². The van der Waals surface area contributed by atoms with Crippen LogP contribution in [0, 0.1) is 12.7 Å². The summed E-state index contributed by atoms with van der Waals surface area (Å²) in [4.78, 5) is 8.00. The third kappa shape index (κ3) is 3.05. The average molecular weight is 272 g/mol. The van der Waals surface area contributed by atoms with Crippen molar-refractivity contribution in [2.75, 3.05) is 5.32 Å². The first-order valence-corrected chi connectivity index (χ1v) is 5.53. The van der Waals surface area contributed by atoms with Gasteiger partial charge < -0.3 is 5.32 Å². The highest BCUT2D eigenvalue weighted by molar-refractivity contribution is 6.30. The van der Waals surface area contributed by atoms with E-state index in [4.69, 9.17) is 23.2 Å². The summed E-state index contributed by atoms with van der Waals surface area (Å²) in [6.07, 6.45) is 0. The summed E-state index contributed by atoms with van der Waals surface area (Å²) >= 11 is 11.4. The van der Waals surface area contributed by atoms with Crippen LogP contribution in [0.15, 0.2) is 24.3 Å². The molecule has 1 aromatic carbocycles. The summed E-state index contributed by atoms with van der Waals surface area (Å²) in [5.41, 5.74) is 0.281. The minimum absolute atomic E-state index is 0.281. The van der Waals surface area contributed by atoms with Crippen molar-refractivity contribution in [3.8, 4) is 0 Å². The molecular weight excluding hydrogens is 264 g/mol. The van der Waals surface area contributed by atoms with Crippen LogP contribution in [-0.4, -0.2) is 9.97 Å². The van der Waals surface area contributed by atoms with Crippen molar-refractivity contribution in [3.05, 3.63) is 46.1 Å². The minimum atomic E-state index is -0.454. The maximum atomic E-state index is 13.5. The molecule has 0 amide bonds. The monoisotopic (exact) mass is 271 g/mol. The molecule has 17 heavy (non-hydrogen) atoms. The van der Waals surface area contributed by atoms with E-state index >= 15 is 0 Å².